The molecule has 0 saturated carbocycles. The first-order chi connectivity index (χ1) is 12.6. The maximum Gasteiger partial charge on any atom is 0.321 e. The van der Waals surface area contributed by atoms with Crippen molar-refractivity contribution in [3.8, 4) is 0 Å². The molecule has 2 amide bonds. The van der Waals surface area contributed by atoms with Crippen molar-refractivity contribution in [1.29, 1.82) is 0 Å². The predicted molar refractivity (Wildman–Crippen MR) is 95.8 cm³/mol. The van der Waals surface area contributed by atoms with E-state index in [0.717, 1.165) is 0 Å². The fraction of sp³-hybridized carbons (Fsp3) is 0.316. The van der Waals surface area contributed by atoms with Crippen LogP contribution >= 0.6 is 0 Å². The minimum absolute atomic E-state index is 0.240. The van der Waals surface area contributed by atoms with E-state index in [2.05, 4.69) is 10.3 Å². The Hall–Kier alpha value is -3.09. The van der Waals surface area contributed by atoms with E-state index in [1.165, 1.54) is 0 Å². The summed E-state index contributed by atoms with van der Waals surface area (Å²) in [6, 6.07) is 12.3. The number of aromatic amines is 1. The second-order valence-corrected chi connectivity index (χ2v) is 6.20. The van der Waals surface area contributed by atoms with Crippen LogP contribution in [-0.4, -0.2) is 47.4 Å². The van der Waals surface area contributed by atoms with Gasteiger partial charge in [-0.3, -0.25) is 9.59 Å². The summed E-state index contributed by atoms with van der Waals surface area (Å²) >= 11 is 0. The highest BCUT2D eigenvalue weighted by Gasteiger charge is 2.30. The lowest BCUT2D eigenvalue weighted by molar-refractivity contribution is -0.148. The number of ether oxygens (including phenoxy) is 1. The molecule has 1 aliphatic rings. The second kappa shape index (κ2) is 8.33. The molecule has 0 aliphatic carbocycles. The van der Waals surface area contributed by atoms with Gasteiger partial charge in [0.25, 0.3) is 0 Å². The summed E-state index contributed by atoms with van der Waals surface area (Å²) in [7, 11) is 0. The summed E-state index contributed by atoms with van der Waals surface area (Å²) in [6.07, 6.45) is 3.00. The Morgan fingerprint density at radius 2 is 1.96 bits per heavy atom. The number of hydrogen-bond acceptors (Lipinski definition) is 4. The number of hydrogen-bond donors (Lipinski definition) is 2. The van der Waals surface area contributed by atoms with Gasteiger partial charge in [-0.1, -0.05) is 18.2 Å². The zero-order chi connectivity index (χ0) is 18.4. The third-order valence-corrected chi connectivity index (χ3v) is 4.31. The third-order valence-electron chi connectivity index (χ3n) is 4.31. The van der Waals surface area contributed by atoms with Crippen LogP contribution < -0.4 is 5.32 Å². The number of urea groups is 1. The first-order valence-electron chi connectivity index (χ1n) is 8.57. The molecule has 7 nitrogen and oxygen atoms in total. The van der Waals surface area contributed by atoms with Gasteiger partial charge in [0, 0.05) is 25.0 Å². The monoisotopic (exact) mass is 355 g/mol. The van der Waals surface area contributed by atoms with E-state index in [-0.39, 0.29) is 25.0 Å². The number of benzene rings is 1. The van der Waals surface area contributed by atoms with Gasteiger partial charge < -0.3 is 19.9 Å². The lowest BCUT2D eigenvalue weighted by atomic mass is 9.98. The number of carbonyl (C=O) groups excluding carboxylic acids is 3. The van der Waals surface area contributed by atoms with Crippen molar-refractivity contribution in [3.63, 3.8) is 0 Å². The number of Topliss-reactive ketones (excluding diaryl/α,β-unsaturated/α-hetero) is 1. The van der Waals surface area contributed by atoms with Crippen LogP contribution in [0.25, 0.3) is 0 Å². The Morgan fingerprint density at radius 1 is 1.15 bits per heavy atom. The van der Waals surface area contributed by atoms with Crippen LogP contribution in [0, 0.1) is 5.92 Å². The van der Waals surface area contributed by atoms with Crippen LogP contribution in [-0.2, 0) is 9.53 Å². The lowest BCUT2D eigenvalue weighted by Crippen LogP contribution is -2.44. The lowest BCUT2D eigenvalue weighted by Gasteiger charge is -2.31. The summed E-state index contributed by atoms with van der Waals surface area (Å²) in [6.45, 7) is 0.574. The number of H-pyrrole nitrogens is 1. The molecule has 3 rings (SSSR count). The molecule has 2 heterocycles. The quantitative estimate of drug-likeness (QED) is 0.637. The third kappa shape index (κ3) is 4.50. The highest BCUT2D eigenvalue weighted by Crippen LogP contribution is 2.19. The van der Waals surface area contributed by atoms with E-state index < -0.39 is 11.9 Å². The molecule has 0 spiro atoms. The number of rotatable bonds is 5. The molecule has 136 valence electrons. The van der Waals surface area contributed by atoms with Gasteiger partial charge in [0.15, 0.2) is 6.61 Å². The molecule has 0 radical (unpaired) electrons. The maximum absolute atomic E-state index is 12.4. The van der Waals surface area contributed by atoms with E-state index in [1.807, 2.05) is 18.2 Å². The molecule has 7 heteroatoms. The molecule has 1 aromatic heterocycles. The number of aromatic nitrogens is 1. The SMILES string of the molecule is O=C(COC(=O)[C@H]1CCCN(C(=O)Nc2ccccc2)C1)c1ccc[nH]1. The zero-order valence-corrected chi connectivity index (χ0v) is 14.3. The van der Waals surface area contributed by atoms with Gasteiger partial charge >= 0.3 is 12.0 Å². The maximum atomic E-state index is 12.4. The molecule has 1 saturated heterocycles. The standard InChI is InChI=1S/C19H21N3O4/c23-17(16-9-4-10-20-16)13-26-18(24)14-6-5-11-22(12-14)19(25)21-15-7-2-1-3-8-15/h1-4,7-10,14,20H,5-6,11-13H2,(H,21,25)/t14-/m0/s1. The Morgan fingerprint density at radius 3 is 2.69 bits per heavy atom. The molecule has 2 aromatic rings. The van der Waals surface area contributed by atoms with Gasteiger partial charge in [-0.25, -0.2) is 4.79 Å². The molecule has 2 N–H and O–H groups in total. The molecule has 1 aromatic carbocycles. The Bertz CT molecular complexity index is 758. The van der Waals surface area contributed by atoms with E-state index >= 15 is 0 Å². The van der Waals surface area contributed by atoms with Crippen molar-refractivity contribution in [2.75, 3.05) is 25.0 Å². The molecular weight excluding hydrogens is 334 g/mol. The molecule has 1 aliphatic heterocycles. The Labute approximate surface area is 151 Å². The van der Waals surface area contributed by atoms with E-state index in [0.29, 0.717) is 30.8 Å². The number of carbonyl (C=O) groups is 3. The van der Waals surface area contributed by atoms with Gasteiger partial charge in [-0.15, -0.1) is 0 Å². The highest BCUT2D eigenvalue weighted by molar-refractivity contribution is 5.96. The van der Waals surface area contributed by atoms with E-state index in [1.54, 1.807) is 35.4 Å². The number of likely N-dealkylation sites (tertiary alicyclic amines) is 1. The van der Waals surface area contributed by atoms with Crippen LogP contribution in [0.4, 0.5) is 10.5 Å². The van der Waals surface area contributed by atoms with Crippen molar-refractivity contribution in [1.82, 2.24) is 9.88 Å². The first kappa shape index (κ1) is 17.7. The number of anilines is 1. The Balaban J connectivity index is 1.50. The number of ketones is 1. The topological polar surface area (TPSA) is 91.5 Å². The average molecular weight is 355 g/mol. The highest BCUT2D eigenvalue weighted by atomic mass is 16.5. The Kier molecular flexibility index (Phi) is 5.68. The number of esters is 1. The summed E-state index contributed by atoms with van der Waals surface area (Å²) in [5.74, 6) is -1.14. The van der Waals surface area contributed by atoms with Gasteiger partial charge in [0.2, 0.25) is 5.78 Å². The number of amides is 2. The average Bonchev–Trinajstić information content (AvgIpc) is 3.21. The minimum Gasteiger partial charge on any atom is -0.457 e. The van der Waals surface area contributed by atoms with Gasteiger partial charge in [-0.05, 0) is 37.1 Å². The summed E-state index contributed by atoms with van der Waals surface area (Å²) in [5.41, 5.74) is 1.11. The summed E-state index contributed by atoms with van der Waals surface area (Å²) < 4.78 is 5.15. The van der Waals surface area contributed by atoms with Crippen LogP contribution in [0.2, 0.25) is 0 Å². The number of nitrogens with one attached hydrogen (secondary N) is 2. The normalized spacial score (nSPS) is 16.8. The van der Waals surface area contributed by atoms with Crippen molar-refractivity contribution in [2.24, 2.45) is 5.92 Å². The van der Waals surface area contributed by atoms with Gasteiger partial charge in [0.1, 0.15) is 0 Å². The first-order valence-corrected chi connectivity index (χ1v) is 8.57. The zero-order valence-electron chi connectivity index (χ0n) is 14.3. The molecule has 26 heavy (non-hydrogen) atoms. The summed E-state index contributed by atoms with van der Waals surface area (Å²) in [4.78, 5) is 40.9. The number of nitrogens with zero attached hydrogens (tertiary/aromatic N) is 1. The molecule has 0 unspecified atom stereocenters. The van der Waals surface area contributed by atoms with Gasteiger partial charge in [-0.2, -0.15) is 0 Å². The van der Waals surface area contributed by atoms with Crippen LogP contribution in [0.1, 0.15) is 23.3 Å². The predicted octanol–water partition coefficient (Wildman–Crippen LogP) is 2.68. The molecule has 1 atom stereocenters. The van der Waals surface area contributed by atoms with E-state index in [9.17, 15) is 14.4 Å². The number of piperidine rings is 1. The molecule has 1 fully saturated rings. The van der Waals surface area contributed by atoms with E-state index in [4.69, 9.17) is 4.74 Å². The van der Waals surface area contributed by atoms with Crippen molar-refractivity contribution < 1.29 is 19.1 Å². The largest absolute Gasteiger partial charge is 0.457 e. The van der Waals surface area contributed by atoms with Crippen LogP contribution in [0.15, 0.2) is 48.7 Å². The second-order valence-electron chi connectivity index (χ2n) is 6.20. The smallest absolute Gasteiger partial charge is 0.321 e. The van der Waals surface area contributed by atoms with Crippen molar-refractivity contribution in [3.05, 3.63) is 54.4 Å². The minimum atomic E-state index is -0.442. The fourth-order valence-electron chi connectivity index (χ4n) is 2.91. The number of para-hydroxylation sites is 1. The molecule has 0 bridgehead atoms. The van der Waals surface area contributed by atoms with Crippen molar-refractivity contribution in [2.45, 2.75) is 12.8 Å². The van der Waals surface area contributed by atoms with Crippen LogP contribution in [0.3, 0.4) is 0 Å². The van der Waals surface area contributed by atoms with Crippen molar-refractivity contribution >= 4 is 23.5 Å². The van der Waals surface area contributed by atoms with Crippen LogP contribution in [0.5, 0.6) is 0 Å². The summed E-state index contributed by atoms with van der Waals surface area (Å²) in [5, 5.41) is 2.82. The fourth-order valence-corrected chi connectivity index (χ4v) is 2.91. The molecular formula is C19H21N3O4. The van der Waals surface area contributed by atoms with Gasteiger partial charge in [0.05, 0.1) is 11.6 Å².